The molecule has 20 heavy (non-hydrogen) atoms. The first-order valence-electron chi connectivity index (χ1n) is 6.65. The monoisotopic (exact) mass is 279 g/mol. The van der Waals surface area contributed by atoms with Crippen LogP contribution in [0.3, 0.4) is 0 Å². The van der Waals surface area contributed by atoms with Crippen LogP contribution in [0.2, 0.25) is 0 Å². The lowest BCUT2D eigenvalue weighted by molar-refractivity contribution is -0.156. The van der Waals surface area contributed by atoms with Crippen LogP contribution in [0.5, 0.6) is 0 Å². The van der Waals surface area contributed by atoms with Crippen molar-refractivity contribution in [3.05, 3.63) is 29.6 Å². The van der Waals surface area contributed by atoms with Crippen molar-refractivity contribution < 1.29 is 14.0 Å². The molecule has 0 aromatic heterocycles. The van der Waals surface area contributed by atoms with E-state index in [1.165, 1.54) is 17.0 Å². The highest BCUT2D eigenvalue weighted by atomic mass is 19.1. The average molecular weight is 279 g/mol. The number of nitrogens with two attached hydrogens (primary N) is 1. The van der Waals surface area contributed by atoms with Gasteiger partial charge in [-0.05, 0) is 24.1 Å². The molecule has 1 aliphatic rings. The second-order valence-electron chi connectivity index (χ2n) is 4.87. The van der Waals surface area contributed by atoms with Crippen molar-refractivity contribution in [2.75, 3.05) is 25.4 Å². The third-order valence-electron chi connectivity index (χ3n) is 3.33. The van der Waals surface area contributed by atoms with E-state index in [9.17, 15) is 14.0 Å². The first-order valence-corrected chi connectivity index (χ1v) is 6.65. The van der Waals surface area contributed by atoms with Crippen LogP contribution >= 0.6 is 0 Å². The van der Waals surface area contributed by atoms with Gasteiger partial charge in [-0.1, -0.05) is 13.0 Å². The van der Waals surface area contributed by atoms with Crippen LogP contribution < -0.4 is 5.73 Å². The van der Waals surface area contributed by atoms with Crippen LogP contribution in [-0.2, 0) is 16.1 Å². The molecule has 1 aliphatic heterocycles. The molecule has 0 aliphatic carbocycles. The maximum absolute atomic E-state index is 13.4. The molecule has 1 heterocycles. The summed E-state index contributed by atoms with van der Waals surface area (Å²) < 4.78 is 13.4. The van der Waals surface area contributed by atoms with Gasteiger partial charge in [0.2, 0.25) is 0 Å². The van der Waals surface area contributed by atoms with Crippen LogP contribution in [-0.4, -0.2) is 41.2 Å². The lowest BCUT2D eigenvalue weighted by Gasteiger charge is -2.33. The Kier molecular flexibility index (Phi) is 4.22. The molecule has 1 fully saturated rings. The minimum atomic E-state index is -0.526. The molecule has 0 radical (unpaired) electrons. The van der Waals surface area contributed by atoms with Gasteiger partial charge >= 0.3 is 11.8 Å². The number of carbonyl (C=O) groups is 2. The van der Waals surface area contributed by atoms with E-state index in [0.717, 1.165) is 6.42 Å². The van der Waals surface area contributed by atoms with Gasteiger partial charge in [-0.2, -0.15) is 0 Å². The van der Waals surface area contributed by atoms with Gasteiger partial charge in [0.15, 0.2) is 0 Å². The number of hydrogen-bond donors (Lipinski definition) is 1. The Labute approximate surface area is 117 Å². The van der Waals surface area contributed by atoms with Gasteiger partial charge in [0.25, 0.3) is 0 Å². The molecule has 2 amide bonds. The van der Waals surface area contributed by atoms with E-state index in [-0.39, 0.29) is 12.2 Å². The molecule has 1 aromatic rings. The van der Waals surface area contributed by atoms with Crippen LogP contribution in [0, 0.1) is 5.82 Å². The number of halogens is 1. The minimum Gasteiger partial charge on any atom is -0.396 e. The third-order valence-corrected chi connectivity index (χ3v) is 3.33. The third kappa shape index (κ3) is 2.89. The van der Waals surface area contributed by atoms with Gasteiger partial charge in [-0.15, -0.1) is 0 Å². The number of amides is 2. The van der Waals surface area contributed by atoms with E-state index in [4.69, 9.17) is 5.73 Å². The minimum absolute atomic E-state index is 0.0731. The zero-order chi connectivity index (χ0) is 14.7. The Morgan fingerprint density at radius 1 is 1.20 bits per heavy atom. The van der Waals surface area contributed by atoms with Gasteiger partial charge in [-0.3, -0.25) is 9.59 Å². The predicted octanol–water partition coefficient (Wildman–Crippen LogP) is 0.989. The number of nitrogens with zero attached hydrogens (tertiary/aromatic N) is 2. The summed E-state index contributed by atoms with van der Waals surface area (Å²) in [5.74, 6) is -1.51. The Morgan fingerprint density at radius 3 is 2.50 bits per heavy atom. The number of nitrogen functional groups attached to an aromatic ring is 1. The maximum atomic E-state index is 13.4. The summed E-state index contributed by atoms with van der Waals surface area (Å²) in [5.41, 5.74) is 6.11. The number of benzene rings is 1. The van der Waals surface area contributed by atoms with Crippen molar-refractivity contribution in [1.29, 1.82) is 0 Å². The molecule has 0 bridgehead atoms. The Morgan fingerprint density at radius 2 is 1.85 bits per heavy atom. The van der Waals surface area contributed by atoms with Gasteiger partial charge in [0, 0.05) is 26.2 Å². The molecule has 0 saturated carbocycles. The fourth-order valence-electron chi connectivity index (χ4n) is 2.24. The SMILES string of the molecule is CCCN1CCN(Cc2ccc(N)c(F)c2)C(=O)C1=O. The summed E-state index contributed by atoms with van der Waals surface area (Å²) in [4.78, 5) is 26.9. The molecule has 0 atom stereocenters. The van der Waals surface area contributed by atoms with Gasteiger partial charge < -0.3 is 15.5 Å². The van der Waals surface area contributed by atoms with Crippen molar-refractivity contribution in [2.45, 2.75) is 19.9 Å². The average Bonchev–Trinajstić information content (AvgIpc) is 2.42. The molecule has 0 unspecified atom stereocenters. The largest absolute Gasteiger partial charge is 0.396 e. The fourth-order valence-corrected chi connectivity index (χ4v) is 2.24. The topological polar surface area (TPSA) is 66.6 Å². The zero-order valence-electron chi connectivity index (χ0n) is 11.4. The molecule has 6 heteroatoms. The Bertz CT molecular complexity index is 533. The summed E-state index contributed by atoms with van der Waals surface area (Å²) in [6.07, 6.45) is 0.822. The first kappa shape index (κ1) is 14.3. The molecule has 2 N–H and O–H groups in total. The van der Waals surface area contributed by atoms with Gasteiger partial charge in [-0.25, -0.2) is 4.39 Å². The number of rotatable bonds is 4. The van der Waals surface area contributed by atoms with Crippen LogP contribution in [0.15, 0.2) is 18.2 Å². The van der Waals surface area contributed by atoms with Crippen molar-refractivity contribution in [1.82, 2.24) is 9.80 Å². The van der Waals surface area contributed by atoms with E-state index in [1.807, 2.05) is 6.92 Å². The van der Waals surface area contributed by atoms with Crippen LogP contribution in [0.4, 0.5) is 10.1 Å². The normalized spacial score (nSPS) is 15.9. The summed E-state index contributed by atoms with van der Waals surface area (Å²) in [7, 11) is 0. The highest BCUT2D eigenvalue weighted by molar-refractivity contribution is 6.35. The van der Waals surface area contributed by atoms with E-state index in [2.05, 4.69) is 0 Å². The van der Waals surface area contributed by atoms with E-state index < -0.39 is 17.6 Å². The molecule has 1 aromatic carbocycles. The van der Waals surface area contributed by atoms with E-state index >= 15 is 0 Å². The molecule has 0 spiro atoms. The lowest BCUT2D eigenvalue weighted by atomic mass is 10.1. The molecular weight excluding hydrogens is 261 g/mol. The first-order chi connectivity index (χ1) is 9.52. The van der Waals surface area contributed by atoms with Crippen LogP contribution in [0.1, 0.15) is 18.9 Å². The number of hydrogen-bond acceptors (Lipinski definition) is 3. The van der Waals surface area contributed by atoms with Crippen molar-refractivity contribution in [2.24, 2.45) is 0 Å². The standard InChI is InChI=1S/C14H18FN3O2/c1-2-5-17-6-7-18(14(20)13(17)19)9-10-3-4-12(16)11(15)8-10/h3-4,8H,2,5-7,9,16H2,1H3. The smallest absolute Gasteiger partial charge is 0.312 e. The molecule has 108 valence electrons. The molecular formula is C14H18FN3O2. The number of carbonyl (C=O) groups excluding carboxylic acids is 2. The second kappa shape index (κ2) is 5.90. The van der Waals surface area contributed by atoms with E-state index in [1.54, 1.807) is 11.0 Å². The highest BCUT2D eigenvalue weighted by Gasteiger charge is 2.31. The zero-order valence-corrected chi connectivity index (χ0v) is 11.4. The molecule has 1 saturated heterocycles. The van der Waals surface area contributed by atoms with Gasteiger partial charge in [0.05, 0.1) is 5.69 Å². The van der Waals surface area contributed by atoms with Crippen LogP contribution in [0.25, 0.3) is 0 Å². The molecule has 2 rings (SSSR count). The summed E-state index contributed by atoms with van der Waals surface area (Å²) in [6.45, 7) is 3.77. The van der Waals surface area contributed by atoms with Gasteiger partial charge in [0.1, 0.15) is 5.82 Å². The summed E-state index contributed by atoms with van der Waals surface area (Å²) >= 11 is 0. The molecule has 5 nitrogen and oxygen atoms in total. The predicted molar refractivity (Wildman–Crippen MR) is 73.1 cm³/mol. The number of piperazine rings is 1. The Hall–Kier alpha value is -2.11. The van der Waals surface area contributed by atoms with E-state index in [0.29, 0.717) is 25.2 Å². The van der Waals surface area contributed by atoms with Crippen molar-refractivity contribution in [3.8, 4) is 0 Å². The maximum Gasteiger partial charge on any atom is 0.312 e. The fraction of sp³-hybridized carbons (Fsp3) is 0.429. The highest BCUT2D eigenvalue weighted by Crippen LogP contribution is 2.15. The summed E-state index contributed by atoms with van der Waals surface area (Å²) in [6, 6.07) is 4.42. The lowest BCUT2D eigenvalue weighted by Crippen LogP contribution is -2.53. The second-order valence-corrected chi connectivity index (χ2v) is 4.87. The Balaban J connectivity index is 2.05. The quantitative estimate of drug-likeness (QED) is 0.660. The van der Waals surface area contributed by atoms with Crippen molar-refractivity contribution >= 4 is 17.5 Å². The summed E-state index contributed by atoms with van der Waals surface area (Å²) in [5, 5.41) is 0. The number of anilines is 1. The van der Waals surface area contributed by atoms with Crippen molar-refractivity contribution in [3.63, 3.8) is 0 Å².